The molecule has 10 nitrogen and oxygen atoms in total. The van der Waals surface area contributed by atoms with Gasteiger partial charge in [0.2, 0.25) is 9.84 Å². The lowest BCUT2D eigenvalue weighted by Crippen LogP contribution is -2.47. The molecule has 31 heavy (non-hydrogen) atoms. The van der Waals surface area contributed by atoms with E-state index in [1.54, 1.807) is 38.1 Å². The Bertz CT molecular complexity index is 977. The van der Waals surface area contributed by atoms with Crippen LogP contribution in [0, 0.1) is 0 Å². The van der Waals surface area contributed by atoms with E-state index in [9.17, 15) is 13.2 Å². The van der Waals surface area contributed by atoms with E-state index < -0.39 is 27.8 Å². The zero-order valence-electron chi connectivity index (χ0n) is 17.9. The second-order valence-corrected chi connectivity index (χ2v) is 9.81. The molecule has 1 fully saturated rings. The molecule has 2 atom stereocenters. The number of hydrogen-bond acceptors (Lipinski definition) is 9. The van der Waals surface area contributed by atoms with Crippen molar-refractivity contribution in [3.8, 4) is 5.69 Å². The van der Waals surface area contributed by atoms with E-state index in [-0.39, 0.29) is 29.7 Å². The lowest BCUT2D eigenvalue weighted by Gasteiger charge is -2.40. The van der Waals surface area contributed by atoms with Crippen LogP contribution in [0.15, 0.2) is 35.5 Å². The predicted octanol–water partition coefficient (Wildman–Crippen LogP) is 2.08. The molecule has 11 heteroatoms. The molecular weight excluding hydrogens is 424 g/mol. The van der Waals surface area contributed by atoms with Gasteiger partial charge >= 0.3 is 5.97 Å². The van der Waals surface area contributed by atoms with Crippen LogP contribution in [0.5, 0.6) is 0 Å². The van der Waals surface area contributed by atoms with Crippen molar-refractivity contribution in [1.29, 1.82) is 0 Å². The largest absolute Gasteiger partial charge is 0.466 e. The van der Waals surface area contributed by atoms with E-state index >= 15 is 0 Å². The molecule has 0 spiro atoms. The van der Waals surface area contributed by atoms with Gasteiger partial charge in [0, 0.05) is 6.42 Å². The maximum Gasteiger partial charge on any atom is 0.308 e. The van der Waals surface area contributed by atoms with Gasteiger partial charge < -0.3 is 14.2 Å². The number of rotatable bonds is 9. The predicted molar refractivity (Wildman–Crippen MR) is 110 cm³/mol. The highest BCUT2D eigenvalue weighted by atomic mass is 32.2. The molecule has 1 aliphatic heterocycles. The third-order valence-corrected chi connectivity index (χ3v) is 6.33. The summed E-state index contributed by atoms with van der Waals surface area (Å²) in [4.78, 5) is 12.1. The van der Waals surface area contributed by atoms with Crippen LogP contribution in [0.1, 0.15) is 46.5 Å². The van der Waals surface area contributed by atoms with Gasteiger partial charge in [-0.25, -0.2) is 8.42 Å². The summed E-state index contributed by atoms with van der Waals surface area (Å²) in [6.07, 6.45) is 0.790. The number of tetrazole rings is 1. The smallest absolute Gasteiger partial charge is 0.308 e. The number of carbonyl (C=O) groups is 1. The summed E-state index contributed by atoms with van der Waals surface area (Å²) in [5, 5.41) is 10.8. The summed E-state index contributed by atoms with van der Waals surface area (Å²) in [6.45, 7) is 5.75. The fourth-order valence-electron chi connectivity index (χ4n) is 3.45. The Hall–Kier alpha value is -2.37. The molecule has 0 amide bonds. The molecule has 1 aliphatic rings. The number of aromatic nitrogens is 4. The van der Waals surface area contributed by atoms with Gasteiger partial charge in [-0.15, -0.1) is 0 Å². The number of esters is 1. The van der Waals surface area contributed by atoms with E-state index in [2.05, 4.69) is 15.5 Å². The number of benzene rings is 1. The van der Waals surface area contributed by atoms with Gasteiger partial charge in [0.25, 0.3) is 5.16 Å². The first-order chi connectivity index (χ1) is 14.7. The van der Waals surface area contributed by atoms with Gasteiger partial charge in [-0.3, -0.25) is 4.79 Å². The van der Waals surface area contributed by atoms with Gasteiger partial charge in [0.1, 0.15) is 0 Å². The van der Waals surface area contributed by atoms with Crippen LogP contribution in [0.25, 0.3) is 5.69 Å². The van der Waals surface area contributed by atoms with E-state index in [0.717, 1.165) is 12.8 Å². The number of carbonyl (C=O) groups excluding carboxylic acids is 1. The SMILES string of the molecule is CCCCOC(=O)C[C@H]1C[C@@H](CS(=O)(=O)c2nnnn2-c2ccccc2)OC(C)(C)O1. The minimum atomic E-state index is -3.88. The molecule has 1 aromatic heterocycles. The zero-order chi connectivity index (χ0) is 22.5. The van der Waals surface area contributed by atoms with Crippen molar-refractivity contribution in [2.24, 2.45) is 0 Å². The first kappa shape index (κ1) is 23.3. The minimum absolute atomic E-state index is 0.0365. The maximum atomic E-state index is 13.1. The average molecular weight is 453 g/mol. The number of ether oxygens (including phenoxy) is 3. The summed E-state index contributed by atoms with van der Waals surface area (Å²) in [7, 11) is -3.88. The Labute approximate surface area is 181 Å². The van der Waals surface area contributed by atoms with Crippen LogP contribution >= 0.6 is 0 Å². The van der Waals surface area contributed by atoms with Crippen molar-refractivity contribution in [3.05, 3.63) is 30.3 Å². The van der Waals surface area contributed by atoms with E-state index in [0.29, 0.717) is 12.3 Å². The van der Waals surface area contributed by atoms with Crippen molar-refractivity contribution in [1.82, 2.24) is 20.2 Å². The van der Waals surface area contributed by atoms with Crippen LogP contribution < -0.4 is 0 Å². The lowest BCUT2D eigenvalue weighted by atomic mass is 10.1. The molecule has 0 aliphatic carbocycles. The first-order valence-corrected chi connectivity index (χ1v) is 11.9. The minimum Gasteiger partial charge on any atom is -0.466 e. The van der Waals surface area contributed by atoms with Gasteiger partial charge in [0.05, 0.1) is 36.7 Å². The van der Waals surface area contributed by atoms with Crippen LogP contribution in [-0.4, -0.2) is 64.9 Å². The molecule has 0 saturated carbocycles. The van der Waals surface area contributed by atoms with Gasteiger partial charge in [0.15, 0.2) is 5.79 Å². The summed E-state index contributed by atoms with van der Waals surface area (Å²) in [5.41, 5.74) is 0.534. The summed E-state index contributed by atoms with van der Waals surface area (Å²) in [6, 6.07) is 8.77. The summed E-state index contributed by atoms with van der Waals surface area (Å²) >= 11 is 0. The van der Waals surface area contributed by atoms with Crippen LogP contribution in [0.4, 0.5) is 0 Å². The monoisotopic (exact) mass is 452 g/mol. The standard InChI is InChI=1S/C20H28N4O6S/c1-4-5-11-28-18(25)13-16-12-17(30-20(2,3)29-16)14-31(26,27)19-21-22-23-24(19)15-9-7-6-8-10-15/h6-10,16-17H,4-5,11-14H2,1-3H3/t16-,17+/m1/s1. The Morgan fingerprint density at radius 2 is 1.94 bits per heavy atom. The number of hydrogen-bond donors (Lipinski definition) is 0. The van der Waals surface area contributed by atoms with Crippen molar-refractivity contribution in [2.45, 2.75) is 69.6 Å². The Kier molecular flexibility index (Phi) is 7.39. The van der Waals surface area contributed by atoms with E-state index in [4.69, 9.17) is 14.2 Å². The second kappa shape index (κ2) is 9.84. The van der Waals surface area contributed by atoms with Crippen molar-refractivity contribution >= 4 is 15.8 Å². The highest BCUT2D eigenvalue weighted by molar-refractivity contribution is 7.91. The topological polar surface area (TPSA) is 123 Å². The molecule has 2 aromatic rings. The quantitative estimate of drug-likeness (QED) is 0.415. The van der Waals surface area contributed by atoms with Crippen molar-refractivity contribution < 1.29 is 27.4 Å². The molecule has 170 valence electrons. The van der Waals surface area contributed by atoms with Crippen LogP contribution in [0.2, 0.25) is 0 Å². The Balaban J connectivity index is 1.71. The third kappa shape index (κ3) is 6.31. The fraction of sp³-hybridized carbons (Fsp3) is 0.600. The molecule has 1 aromatic carbocycles. The Morgan fingerprint density at radius 3 is 2.65 bits per heavy atom. The molecule has 0 bridgehead atoms. The second-order valence-electron chi connectivity index (χ2n) is 7.88. The molecule has 1 saturated heterocycles. The van der Waals surface area contributed by atoms with Crippen molar-refractivity contribution in [2.75, 3.05) is 12.4 Å². The molecule has 2 heterocycles. The normalized spacial score (nSPS) is 21.0. The lowest BCUT2D eigenvalue weighted by molar-refractivity contribution is -0.295. The highest BCUT2D eigenvalue weighted by Crippen LogP contribution is 2.30. The number of nitrogens with zero attached hydrogens (tertiary/aromatic N) is 4. The summed E-state index contributed by atoms with van der Waals surface area (Å²) in [5.74, 6) is -1.75. The third-order valence-electron chi connectivity index (χ3n) is 4.71. The number of sulfone groups is 1. The first-order valence-electron chi connectivity index (χ1n) is 10.3. The maximum absolute atomic E-state index is 13.1. The summed E-state index contributed by atoms with van der Waals surface area (Å²) < 4.78 is 44.2. The molecule has 0 N–H and O–H groups in total. The molecule has 0 radical (unpaired) electrons. The van der Waals surface area contributed by atoms with Gasteiger partial charge in [-0.1, -0.05) is 36.6 Å². The molecule has 3 rings (SSSR count). The average Bonchev–Trinajstić information content (AvgIpc) is 3.18. The van der Waals surface area contributed by atoms with Crippen LogP contribution in [-0.2, 0) is 28.8 Å². The Morgan fingerprint density at radius 1 is 1.23 bits per heavy atom. The van der Waals surface area contributed by atoms with Gasteiger partial charge in [-0.05, 0) is 42.8 Å². The van der Waals surface area contributed by atoms with Crippen molar-refractivity contribution in [3.63, 3.8) is 0 Å². The molecular formula is C20H28N4O6S. The van der Waals surface area contributed by atoms with E-state index in [1.165, 1.54) is 4.68 Å². The fourth-order valence-corrected chi connectivity index (χ4v) is 4.85. The van der Waals surface area contributed by atoms with Gasteiger partial charge in [-0.2, -0.15) is 4.68 Å². The van der Waals surface area contributed by atoms with E-state index in [1.807, 2.05) is 13.0 Å². The number of para-hydroxylation sites is 1. The zero-order valence-corrected chi connectivity index (χ0v) is 18.7. The number of unbranched alkanes of at least 4 members (excludes halogenated alkanes) is 1. The van der Waals surface area contributed by atoms with Crippen LogP contribution in [0.3, 0.4) is 0 Å². The molecule has 0 unspecified atom stereocenters. The highest BCUT2D eigenvalue weighted by Gasteiger charge is 2.40.